The Kier molecular flexibility index (Phi) is 6.37. The van der Waals surface area contributed by atoms with Crippen molar-refractivity contribution >= 4 is 35.1 Å². The predicted octanol–water partition coefficient (Wildman–Crippen LogP) is 3.84. The molecule has 0 spiro atoms. The number of aromatic carboxylic acids is 1. The third kappa shape index (κ3) is 5.01. The monoisotopic (exact) mass is 392 g/mol. The number of hydrogen-bond acceptors (Lipinski definition) is 3. The average molecular weight is 393 g/mol. The summed E-state index contributed by atoms with van der Waals surface area (Å²) in [7, 11) is 0. The van der Waals surface area contributed by atoms with Gasteiger partial charge in [0.2, 0.25) is 11.8 Å². The number of amides is 2. The van der Waals surface area contributed by atoms with Crippen LogP contribution in [0.1, 0.15) is 61.7 Å². The molecule has 0 bridgehead atoms. The molecule has 146 valence electrons. The Morgan fingerprint density at radius 2 is 1.56 bits per heavy atom. The average Bonchev–Trinajstić information content (AvgIpc) is 3.17. The molecule has 7 heteroatoms. The van der Waals surface area contributed by atoms with Gasteiger partial charge in [-0.25, -0.2) is 4.79 Å². The highest BCUT2D eigenvalue weighted by Crippen LogP contribution is 2.29. The first kappa shape index (κ1) is 19.7. The van der Waals surface area contributed by atoms with Crippen LogP contribution in [0.3, 0.4) is 0 Å². The molecule has 0 saturated heterocycles. The number of carboxylic acid groups (broad SMARTS) is 1. The minimum atomic E-state index is -1.10. The molecule has 3 N–H and O–H groups in total. The molecular weight excluding hydrogens is 368 g/mol. The van der Waals surface area contributed by atoms with Gasteiger partial charge in [-0.15, -0.1) is 0 Å². The number of carbonyl (C=O) groups is 3. The molecule has 0 heterocycles. The smallest absolute Gasteiger partial charge is 0.337 e. The van der Waals surface area contributed by atoms with Gasteiger partial charge >= 0.3 is 5.97 Å². The summed E-state index contributed by atoms with van der Waals surface area (Å²) in [5.41, 5.74) is 0.500. The third-order valence-corrected chi connectivity index (χ3v) is 5.95. The fourth-order valence-electron chi connectivity index (χ4n) is 4.02. The molecule has 2 amide bonds. The highest BCUT2D eigenvalue weighted by atomic mass is 35.5. The van der Waals surface area contributed by atoms with Crippen LogP contribution in [0.2, 0.25) is 5.02 Å². The topological polar surface area (TPSA) is 95.5 Å². The molecular formula is C20H25ClN2O4. The standard InChI is InChI=1S/C20H25ClN2O4/c21-17-11-15(9-10-16(17)20(26)27)23-19(25)13-5-7-14(8-6-13)22-18(24)12-3-1-2-4-12/h9-14H,1-8H2,(H,22,24)(H,23,25)(H,26,27). The second-order valence-corrected chi connectivity index (χ2v) is 7.93. The maximum atomic E-state index is 12.5. The van der Waals surface area contributed by atoms with Crippen molar-refractivity contribution < 1.29 is 19.5 Å². The number of carbonyl (C=O) groups excluding carboxylic acids is 2. The van der Waals surface area contributed by atoms with Gasteiger partial charge in [0.25, 0.3) is 0 Å². The van der Waals surface area contributed by atoms with E-state index < -0.39 is 5.97 Å². The molecule has 27 heavy (non-hydrogen) atoms. The van der Waals surface area contributed by atoms with Crippen LogP contribution in [-0.4, -0.2) is 28.9 Å². The van der Waals surface area contributed by atoms with Crippen molar-refractivity contribution in [3.8, 4) is 0 Å². The lowest BCUT2D eigenvalue weighted by molar-refractivity contribution is -0.125. The Hall–Kier alpha value is -2.08. The summed E-state index contributed by atoms with van der Waals surface area (Å²) >= 11 is 5.94. The Morgan fingerprint density at radius 3 is 2.15 bits per heavy atom. The third-order valence-electron chi connectivity index (χ3n) is 5.64. The van der Waals surface area contributed by atoms with Crippen molar-refractivity contribution in [3.63, 3.8) is 0 Å². The molecule has 2 aliphatic rings. The van der Waals surface area contributed by atoms with Gasteiger partial charge in [-0.1, -0.05) is 24.4 Å². The number of benzene rings is 1. The fraction of sp³-hybridized carbons (Fsp3) is 0.550. The van der Waals surface area contributed by atoms with Crippen molar-refractivity contribution in [2.24, 2.45) is 11.8 Å². The summed E-state index contributed by atoms with van der Waals surface area (Å²) in [6.07, 6.45) is 7.32. The van der Waals surface area contributed by atoms with E-state index in [1.165, 1.54) is 12.1 Å². The van der Waals surface area contributed by atoms with Crippen LogP contribution in [0.15, 0.2) is 18.2 Å². The summed E-state index contributed by atoms with van der Waals surface area (Å²) in [5, 5.41) is 15.1. The number of carboxylic acids is 1. The van der Waals surface area contributed by atoms with E-state index in [2.05, 4.69) is 10.6 Å². The highest BCUT2D eigenvalue weighted by molar-refractivity contribution is 6.33. The molecule has 6 nitrogen and oxygen atoms in total. The normalized spacial score (nSPS) is 23.0. The molecule has 1 aromatic carbocycles. The van der Waals surface area contributed by atoms with Gasteiger partial charge in [-0.3, -0.25) is 9.59 Å². The van der Waals surface area contributed by atoms with E-state index in [1.54, 1.807) is 6.07 Å². The Balaban J connectivity index is 1.47. The number of halogens is 1. The van der Waals surface area contributed by atoms with Gasteiger partial charge in [0.1, 0.15) is 0 Å². The maximum Gasteiger partial charge on any atom is 0.337 e. The molecule has 0 unspecified atom stereocenters. The molecule has 3 rings (SSSR count). The summed E-state index contributed by atoms with van der Waals surface area (Å²) in [6.45, 7) is 0. The molecule has 0 radical (unpaired) electrons. The van der Waals surface area contributed by atoms with Crippen LogP contribution >= 0.6 is 11.6 Å². The zero-order valence-electron chi connectivity index (χ0n) is 15.2. The van der Waals surface area contributed by atoms with E-state index in [9.17, 15) is 14.4 Å². The van der Waals surface area contributed by atoms with Crippen molar-refractivity contribution in [1.29, 1.82) is 0 Å². The van der Waals surface area contributed by atoms with E-state index in [0.717, 1.165) is 51.4 Å². The molecule has 0 aliphatic heterocycles. The summed E-state index contributed by atoms with van der Waals surface area (Å²) in [4.78, 5) is 35.7. The molecule has 0 aromatic heterocycles. The minimum Gasteiger partial charge on any atom is -0.478 e. The Morgan fingerprint density at radius 1 is 0.926 bits per heavy atom. The minimum absolute atomic E-state index is 0.00757. The van der Waals surface area contributed by atoms with Gasteiger partial charge in [0.15, 0.2) is 0 Å². The van der Waals surface area contributed by atoms with E-state index in [1.807, 2.05) is 0 Å². The lowest BCUT2D eigenvalue weighted by Gasteiger charge is -2.29. The molecule has 2 saturated carbocycles. The number of anilines is 1. The number of rotatable bonds is 5. The molecule has 0 atom stereocenters. The lowest BCUT2D eigenvalue weighted by Crippen LogP contribution is -2.41. The summed E-state index contributed by atoms with van der Waals surface area (Å²) < 4.78 is 0. The Labute approximate surface area is 163 Å². The van der Waals surface area contributed by atoms with Crippen molar-refractivity contribution in [2.75, 3.05) is 5.32 Å². The van der Waals surface area contributed by atoms with E-state index in [0.29, 0.717) is 5.69 Å². The van der Waals surface area contributed by atoms with Crippen LogP contribution in [-0.2, 0) is 9.59 Å². The fourth-order valence-corrected chi connectivity index (χ4v) is 4.28. The van der Waals surface area contributed by atoms with Crippen molar-refractivity contribution in [2.45, 2.75) is 57.4 Å². The zero-order valence-corrected chi connectivity index (χ0v) is 15.9. The van der Waals surface area contributed by atoms with Gasteiger partial charge in [0.05, 0.1) is 10.6 Å². The van der Waals surface area contributed by atoms with E-state index in [4.69, 9.17) is 16.7 Å². The SMILES string of the molecule is O=C(O)c1ccc(NC(=O)C2CCC(NC(=O)C3CCCC3)CC2)cc1Cl. The largest absolute Gasteiger partial charge is 0.478 e. The lowest BCUT2D eigenvalue weighted by atomic mass is 9.85. The van der Waals surface area contributed by atoms with Gasteiger partial charge in [-0.2, -0.15) is 0 Å². The first-order chi connectivity index (χ1) is 12.9. The second-order valence-electron chi connectivity index (χ2n) is 7.53. The van der Waals surface area contributed by atoms with E-state index >= 15 is 0 Å². The van der Waals surface area contributed by atoms with Crippen LogP contribution in [0.5, 0.6) is 0 Å². The van der Waals surface area contributed by atoms with Crippen molar-refractivity contribution in [1.82, 2.24) is 5.32 Å². The summed E-state index contributed by atoms with van der Waals surface area (Å²) in [5.74, 6) is -0.953. The van der Waals surface area contributed by atoms with Crippen LogP contribution in [0.4, 0.5) is 5.69 Å². The number of nitrogens with one attached hydrogen (secondary N) is 2. The Bertz CT molecular complexity index is 723. The van der Waals surface area contributed by atoms with Gasteiger partial charge in [-0.05, 0) is 56.7 Å². The zero-order chi connectivity index (χ0) is 19.4. The number of hydrogen-bond donors (Lipinski definition) is 3. The first-order valence-corrected chi connectivity index (χ1v) is 9.96. The maximum absolute atomic E-state index is 12.5. The molecule has 2 fully saturated rings. The van der Waals surface area contributed by atoms with Crippen molar-refractivity contribution in [3.05, 3.63) is 28.8 Å². The van der Waals surface area contributed by atoms with Gasteiger partial charge < -0.3 is 15.7 Å². The quantitative estimate of drug-likeness (QED) is 0.709. The van der Waals surface area contributed by atoms with Crippen LogP contribution in [0, 0.1) is 11.8 Å². The second kappa shape index (κ2) is 8.74. The molecule has 2 aliphatic carbocycles. The van der Waals surface area contributed by atoms with Crippen LogP contribution in [0.25, 0.3) is 0 Å². The van der Waals surface area contributed by atoms with Crippen LogP contribution < -0.4 is 10.6 Å². The highest BCUT2D eigenvalue weighted by Gasteiger charge is 2.29. The molecule has 1 aromatic rings. The predicted molar refractivity (Wildman–Crippen MR) is 103 cm³/mol. The van der Waals surface area contributed by atoms with Gasteiger partial charge in [0, 0.05) is 23.6 Å². The summed E-state index contributed by atoms with van der Waals surface area (Å²) in [6, 6.07) is 4.54. The van der Waals surface area contributed by atoms with E-state index in [-0.39, 0.29) is 40.3 Å². The first-order valence-electron chi connectivity index (χ1n) is 9.58.